The van der Waals surface area contributed by atoms with Gasteiger partial charge in [-0.05, 0) is 52.7 Å². The fourth-order valence-electron chi connectivity index (χ4n) is 2.12. The number of aromatic nitrogens is 3. The molecular weight excluding hydrogens is 332 g/mol. The van der Waals surface area contributed by atoms with Crippen LogP contribution in [0.4, 0.5) is 5.95 Å². The van der Waals surface area contributed by atoms with Gasteiger partial charge in [0.05, 0.1) is 12.3 Å². The van der Waals surface area contributed by atoms with Crippen molar-refractivity contribution in [2.75, 3.05) is 12.3 Å². The number of nitrogens with two attached hydrogens (primary N) is 1. The maximum Gasteiger partial charge on any atom is 0.207 e. The Bertz CT molecular complexity index is 767. The van der Waals surface area contributed by atoms with Gasteiger partial charge in [-0.15, -0.1) is 0 Å². The van der Waals surface area contributed by atoms with E-state index in [-0.39, 0.29) is 0 Å². The molecule has 0 aliphatic heterocycles. The Morgan fingerprint density at radius 2 is 2.05 bits per heavy atom. The Kier molecular flexibility index (Phi) is 3.79. The molecule has 3 aromatic rings. The molecule has 2 aromatic heterocycles. The van der Waals surface area contributed by atoms with Crippen LogP contribution in [0, 0.1) is 0 Å². The number of anilines is 1. The SMILES string of the molecule is CCCOc1ccc(-n2c(N)nc3cc(Br)cnc32)cc1. The zero-order valence-corrected chi connectivity index (χ0v) is 13.2. The number of rotatable bonds is 4. The summed E-state index contributed by atoms with van der Waals surface area (Å²) in [7, 11) is 0. The maximum atomic E-state index is 6.02. The fourth-order valence-corrected chi connectivity index (χ4v) is 2.44. The minimum absolute atomic E-state index is 0.415. The van der Waals surface area contributed by atoms with Crippen molar-refractivity contribution in [2.24, 2.45) is 0 Å². The number of benzene rings is 1. The van der Waals surface area contributed by atoms with Crippen molar-refractivity contribution in [1.29, 1.82) is 0 Å². The molecule has 0 fully saturated rings. The maximum absolute atomic E-state index is 6.02. The highest BCUT2D eigenvalue weighted by atomic mass is 79.9. The van der Waals surface area contributed by atoms with E-state index in [1.54, 1.807) is 6.20 Å². The van der Waals surface area contributed by atoms with Gasteiger partial charge in [-0.3, -0.25) is 4.57 Å². The molecule has 2 heterocycles. The zero-order chi connectivity index (χ0) is 14.8. The van der Waals surface area contributed by atoms with E-state index in [4.69, 9.17) is 10.5 Å². The normalized spacial score (nSPS) is 11.0. The van der Waals surface area contributed by atoms with Crippen molar-refractivity contribution in [2.45, 2.75) is 13.3 Å². The second kappa shape index (κ2) is 5.73. The van der Waals surface area contributed by atoms with E-state index in [1.807, 2.05) is 34.9 Å². The molecule has 3 rings (SSSR count). The van der Waals surface area contributed by atoms with E-state index in [2.05, 4.69) is 32.8 Å². The Hall–Kier alpha value is -2.08. The van der Waals surface area contributed by atoms with E-state index in [1.165, 1.54) is 0 Å². The lowest BCUT2D eigenvalue weighted by Crippen LogP contribution is -2.01. The van der Waals surface area contributed by atoms with Crippen LogP contribution in [0.1, 0.15) is 13.3 Å². The van der Waals surface area contributed by atoms with Gasteiger partial charge in [0.2, 0.25) is 5.95 Å². The number of ether oxygens (including phenoxy) is 1. The summed E-state index contributed by atoms with van der Waals surface area (Å²) in [5.41, 5.74) is 8.42. The van der Waals surface area contributed by atoms with E-state index < -0.39 is 0 Å². The van der Waals surface area contributed by atoms with E-state index >= 15 is 0 Å². The molecule has 0 bridgehead atoms. The molecular formula is C15H15BrN4O. The number of fused-ring (bicyclic) bond motifs is 1. The van der Waals surface area contributed by atoms with E-state index in [0.717, 1.165) is 33.5 Å². The molecule has 0 aliphatic rings. The molecule has 1 aromatic carbocycles. The van der Waals surface area contributed by atoms with Crippen molar-refractivity contribution in [3.63, 3.8) is 0 Å². The first-order chi connectivity index (χ1) is 10.2. The summed E-state index contributed by atoms with van der Waals surface area (Å²) >= 11 is 3.39. The predicted octanol–water partition coefficient (Wildman–Crippen LogP) is 3.55. The molecule has 0 atom stereocenters. The predicted molar refractivity (Wildman–Crippen MR) is 86.8 cm³/mol. The second-order valence-electron chi connectivity index (χ2n) is 4.64. The largest absolute Gasteiger partial charge is 0.494 e. The third-order valence-electron chi connectivity index (χ3n) is 3.06. The van der Waals surface area contributed by atoms with Gasteiger partial charge in [0.1, 0.15) is 11.3 Å². The Balaban J connectivity index is 2.01. The van der Waals surface area contributed by atoms with Gasteiger partial charge in [-0.2, -0.15) is 0 Å². The Labute approximate surface area is 130 Å². The van der Waals surface area contributed by atoms with Crippen LogP contribution in [-0.4, -0.2) is 21.1 Å². The van der Waals surface area contributed by atoms with Crippen LogP contribution in [0.2, 0.25) is 0 Å². The van der Waals surface area contributed by atoms with Gasteiger partial charge in [0.25, 0.3) is 0 Å². The lowest BCUT2D eigenvalue weighted by atomic mass is 10.3. The van der Waals surface area contributed by atoms with Gasteiger partial charge < -0.3 is 10.5 Å². The highest BCUT2D eigenvalue weighted by molar-refractivity contribution is 9.10. The summed E-state index contributed by atoms with van der Waals surface area (Å²) in [4.78, 5) is 8.73. The smallest absolute Gasteiger partial charge is 0.207 e. The average molecular weight is 347 g/mol. The van der Waals surface area contributed by atoms with Crippen LogP contribution in [-0.2, 0) is 0 Å². The number of nitrogens with zero attached hydrogens (tertiary/aromatic N) is 3. The van der Waals surface area contributed by atoms with E-state index in [0.29, 0.717) is 12.6 Å². The van der Waals surface area contributed by atoms with Crippen molar-refractivity contribution in [1.82, 2.24) is 14.5 Å². The summed E-state index contributed by atoms with van der Waals surface area (Å²) in [6, 6.07) is 9.65. The van der Waals surface area contributed by atoms with Crippen molar-refractivity contribution < 1.29 is 4.74 Å². The van der Waals surface area contributed by atoms with Crippen LogP contribution >= 0.6 is 15.9 Å². The highest BCUT2D eigenvalue weighted by Gasteiger charge is 2.11. The fraction of sp³-hybridized carbons (Fsp3) is 0.200. The molecule has 0 saturated heterocycles. The summed E-state index contributed by atoms with van der Waals surface area (Å²) in [6.07, 6.45) is 2.72. The van der Waals surface area contributed by atoms with Crippen LogP contribution in [0.5, 0.6) is 5.75 Å². The van der Waals surface area contributed by atoms with E-state index in [9.17, 15) is 0 Å². The summed E-state index contributed by atoms with van der Waals surface area (Å²) < 4.78 is 8.29. The van der Waals surface area contributed by atoms with Crippen molar-refractivity contribution in [3.05, 3.63) is 41.0 Å². The molecule has 0 spiro atoms. The third kappa shape index (κ3) is 2.71. The minimum atomic E-state index is 0.415. The van der Waals surface area contributed by atoms with Crippen LogP contribution in [0.25, 0.3) is 16.9 Å². The first-order valence-corrected chi connectivity index (χ1v) is 7.51. The average Bonchev–Trinajstić information content (AvgIpc) is 2.80. The van der Waals surface area contributed by atoms with Crippen LogP contribution < -0.4 is 10.5 Å². The van der Waals surface area contributed by atoms with Crippen LogP contribution in [0.3, 0.4) is 0 Å². The quantitative estimate of drug-likeness (QED) is 0.784. The van der Waals surface area contributed by atoms with Crippen LogP contribution in [0.15, 0.2) is 41.0 Å². The number of hydrogen-bond acceptors (Lipinski definition) is 4. The molecule has 0 saturated carbocycles. The van der Waals surface area contributed by atoms with Gasteiger partial charge in [-0.25, -0.2) is 9.97 Å². The van der Waals surface area contributed by atoms with Gasteiger partial charge in [-0.1, -0.05) is 6.92 Å². The van der Waals surface area contributed by atoms with Crippen molar-refractivity contribution >= 4 is 33.0 Å². The topological polar surface area (TPSA) is 66.0 Å². The molecule has 0 amide bonds. The van der Waals surface area contributed by atoms with Gasteiger partial charge >= 0.3 is 0 Å². The first kappa shape index (κ1) is 13.9. The summed E-state index contributed by atoms with van der Waals surface area (Å²) in [6.45, 7) is 2.79. The molecule has 21 heavy (non-hydrogen) atoms. The third-order valence-corrected chi connectivity index (χ3v) is 3.49. The molecule has 2 N–H and O–H groups in total. The Morgan fingerprint density at radius 1 is 1.29 bits per heavy atom. The van der Waals surface area contributed by atoms with Gasteiger partial charge in [0.15, 0.2) is 5.65 Å². The summed E-state index contributed by atoms with van der Waals surface area (Å²) in [5, 5.41) is 0. The molecule has 5 nitrogen and oxygen atoms in total. The lowest BCUT2D eigenvalue weighted by Gasteiger charge is -2.08. The molecule has 108 valence electrons. The zero-order valence-electron chi connectivity index (χ0n) is 11.6. The first-order valence-electron chi connectivity index (χ1n) is 6.71. The number of imidazole rings is 1. The highest BCUT2D eigenvalue weighted by Crippen LogP contribution is 2.25. The second-order valence-corrected chi connectivity index (χ2v) is 5.56. The Morgan fingerprint density at radius 3 is 2.76 bits per heavy atom. The molecule has 0 aliphatic carbocycles. The summed E-state index contributed by atoms with van der Waals surface area (Å²) in [5.74, 6) is 1.26. The number of pyridine rings is 1. The monoisotopic (exact) mass is 346 g/mol. The standard InChI is InChI=1S/C15H15BrN4O/c1-2-7-21-12-5-3-11(4-6-12)20-14-13(19-15(20)17)8-10(16)9-18-14/h3-6,8-9H,2,7H2,1H3,(H2,17,19). The lowest BCUT2D eigenvalue weighted by molar-refractivity contribution is 0.317. The van der Waals surface area contributed by atoms with Gasteiger partial charge in [0, 0.05) is 10.7 Å². The van der Waals surface area contributed by atoms with Crippen molar-refractivity contribution in [3.8, 4) is 11.4 Å². The minimum Gasteiger partial charge on any atom is -0.494 e. The molecule has 6 heteroatoms. The molecule has 0 radical (unpaired) electrons. The molecule has 0 unspecified atom stereocenters. The number of halogens is 1. The number of nitrogen functional groups attached to an aromatic ring is 1. The number of hydrogen-bond donors (Lipinski definition) is 1.